The standard InChI is InChI=1S/C7H7F2N.CH4/c1-10-7-3-5(8)2-6(9)4-7;/h2-4,10H,1H3;1H4. The molecule has 1 N–H and O–H groups in total. The van der Waals surface area contributed by atoms with Crippen LogP contribution in [-0.4, -0.2) is 7.05 Å². The summed E-state index contributed by atoms with van der Waals surface area (Å²) in [5, 5.41) is 2.63. The molecule has 11 heavy (non-hydrogen) atoms. The molecule has 1 aromatic carbocycles. The van der Waals surface area contributed by atoms with Crippen LogP contribution < -0.4 is 5.32 Å². The quantitative estimate of drug-likeness (QED) is 0.664. The lowest BCUT2D eigenvalue weighted by Crippen LogP contribution is -1.89. The third-order valence-corrected chi connectivity index (χ3v) is 1.15. The monoisotopic (exact) mass is 159 g/mol. The number of benzene rings is 1. The molecule has 0 aliphatic rings. The van der Waals surface area contributed by atoms with E-state index in [1.54, 1.807) is 7.05 Å². The van der Waals surface area contributed by atoms with Gasteiger partial charge in [-0.3, -0.25) is 0 Å². The van der Waals surface area contributed by atoms with Crippen LogP contribution in [0.4, 0.5) is 14.5 Å². The Balaban J connectivity index is 0.000001000. The van der Waals surface area contributed by atoms with Crippen molar-refractivity contribution >= 4 is 5.69 Å². The van der Waals surface area contributed by atoms with Gasteiger partial charge in [0.25, 0.3) is 0 Å². The molecule has 0 radical (unpaired) electrons. The van der Waals surface area contributed by atoms with Crippen molar-refractivity contribution in [3.8, 4) is 0 Å². The molecule has 0 saturated carbocycles. The maximum absolute atomic E-state index is 12.3. The summed E-state index contributed by atoms with van der Waals surface area (Å²) in [5.74, 6) is -1.13. The fraction of sp³-hybridized carbons (Fsp3) is 0.250. The fourth-order valence-corrected chi connectivity index (χ4v) is 0.698. The molecule has 0 fully saturated rings. The van der Waals surface area contributed by atoms with Gasteiger partial charge in [-0.05, 0) is 12.1 Å². The number of hydrogen-bond acceptors (Lipinski definition) is 1. The molecule has 0 atom stereocenters. The number of nitrogens with one attached hydrogen (secondary N) is 1. The van der Waals surface area contributed by atoms with E-state index in [2.05, 4.69) is 5.32 Å². The van der Waals surface area contributed by atoms with Crippen molar-refractivity contribution in [2.45, 2.75) is 7.43 Å². The molecular formula is C8H11F2N. The maximum atomic E-state index is 12.3. The summed E-state index contributed by atoms with van der Waals surface area (Å²) in [4.78, 5) is 0. The molecule has 62 valence electrons. The minimum atomic E-state index is -0.565. The summed E-state index contributed by atoms with van der Waals surface area (Å²) >= 11 is 0. The second-order valence-electron chi connectivity index (χ2n) is 1.91. The first-order chi connectivity index (χ1) is 4.72. The van der Waals surface area contributed by atoms with Gasteiger partial charge in [-0.15, -0.1) is 0 Å². The van der Waals surface area contributed by atoms with Gasteiger partial charge in [0.05, 0.1) is 0 Å². The lowest BCUT2D eigenvalue weighted by molar-refractivity contribution is 0.584. The van der Waals surface area contributed by atoms with Gasteiger partial charge in [0, 0.05) is 18.8 Å². The van der Waals surface area contributed by atoms with Gasteiger partial charge in [-0.25, -0.2) is 8.78 Å². The highest BCUT2D eigenvalue weighted by Gasteiger charge is 1.96. The third kappa shape index (κ3) is 2.53. The molecule has 1 aromatic rings. The Morgan fingerprint density at radius 1 is 1.09 bits per heavy atom. The summed E-state index contributed by atoms with van der Waals surface area (Å²) in [6.07, 6.45) is 0. The average molecular weight is 159 g/mol. The van der Waals surface area contributed by atoms with Crippen LogP contribution >= 0.6 is 0 Å². The topological polar surface area (TPSA) is 12.0 Å². The van der Waals surface area contributed by atoms with Crippen molar-refractivity contribution in [3.05, 3.63) is 29.8 Å². The van der Waals surface area contributed by atoms with Crippen LogP contribution in [0.2, 0.25) is 0 Å². The van der Waals surface area contributed by atoms with E-state index in [0.717, 1.165) is 6.07 Å². The summed E-state index contributed by atoms with van der Waals surface area (Å²) in [7, 11) is 1.61. The molecule has 0 amide bonds. The highest BCUT2D eigenvalue weighted by atomic mass is 19.1. The van der Waals surface area contributed by atoms with Crippen molar-refractivity contribution in [1.29, 1.82) is 0 Å². The Morgan fingerprint density at radius 3 is 1.91 bits per heavy atom. The van der Waals surface area contributed by atoms with Crippen LogP contribution in [0.3, 0.4) is 0 Å². The largest absolute Gasteiger partial charge is 0.388 e. The molecule has 1 nitrogen and oxygen atoms in total. The van der Waals surface area contributed by atoms with E-state index >= 15 is 0 Å². The number of rotatable bonds is 1. The predicted molar refractivity (Wildman–Crippen MR) is 42.6 cm³/mol. The first-order valence-electron chi connectivity index (χ1n) is 2.86. The Kier molecular flexibility index (Phi) is 3.51. The normalized spacial score (nSPS) is 8.64. The summed E-state index contributed by atoms with van der Waals surface area (Å²) in [6, 6.07) is 3.28. The molecule has 0 aliphatic heterocycles. The number of hydrogen-bond donors (Lipinski definition) is 1. The van der Waals surface area contributed by atoms with Crippen LogP contribution in [0.1, 0.15) is 7.43 Å². The molecule has 0 bridgehead atoms. The van der Waals surface area contributed by atoms with E-state index in [9.17, 15) is 8.78 Å². The van der Waals surface area contributed by atoms with E-state index in [1.165, 1.54) is 12.1 Å². The minimum Gasteiger partial charge on any atom is -0.388 e. The van der Waals surface area contributed by atoms with E-state index < -0.39 is 11.6 Å². The Hall–Kier alpha value is -1.12. The van der Waals surface area contributed by atoms with Crippen molar-refractivity contribution in [3.63, 3.8) is 0 Å². The van der Waals surface area contributed by atoms with E-state index in [0.29, 0.717) is 5.69 Å². The molecule has 0 aliphatic carbocycles. The highest BCUT2D eigenvalue weighted by Crippen LogP contribution is 2.11. The van der Waals surface area contributed by atoms with E-state index in [1.807, 2.05) is 0 Å². The van der Waals surface area contributed by atoms with Gasteiger partial charge in [-0.2, -0.15) is 0 Å². The molecular weight excluding hydrogens is 148 g/mol. The Morgan fingerprint density at radius 2 is 1.55 bits per heavy atom. The smallest absolute Gasteiger partial charge is 0.128 e. The molecule has 0 saturated heterocycles. The average Bonchev–Trinajstić information content (AvgIpc) is 1.85. The molecule has 0 spiro atoms. The fourth-order valence-electron chi connectivity index (χ4n) is 0.698. The van der Waals surface area contributed by atoms with Crippen molar-refractivity contribution in [2.24, 2.45) is 0 Å². The van der Waals surface area contributed by atoms with E-state index in [-0.39, 0.29) is 7.43 Å². The van der Waals surface area contributed by atoms with Crippen LogP contribution in [0.5, 0.6) is 0 Å². The SMILES string of the molecule is C.CNc1cc(F)cc(F)c1. The number of halogens is 2. The second kappa shape index (κ2) is 3.91. The van der Waals surface area contributed by atoms with Crippen molar-refractivity contribution < 1.29 is 8.78 Å². The van der Waals surface area contributed by atoms with Crippen LogP contribution in [-0.2, 0) is 0 Å². The zero-order valence-electron chi connectivity index (χ0n) is 5.49. The van der Waals surface area contributed by atoms with Gasteiger partial charge in [0.1, 0.15) is 11.6 Å². The van der Waals surface area contributed by atoms with Gasteiger partial charge >= 0.3 is 0 Å². The highest BCUT2D eigenvalue weighted by molar-refractivity contribution is 5.42. The van der Waals surface area contributed by atoms with Gasteiger partial charge in [0.15, 0.2) is 0 Å². The zero-order valence-corrected chi connectivity index (χ0v) is 5.49. The van der Waals surface area contributed by atoms with Crippen molar-refractivity contribution in [2.75, 3.05) is 12.4 Å². The Bertz CT molecular complexity index is 215. The van der Waals surface area contributed by atoms with Gasteiger partial charge in [0.2, 0.25) is 0 Å². The van der Waals surface area contributed by atoms with Gasteiger partial charge in [-0.1, -0.05) is 7.43 Å². The molecule has 0 heterocycles. The first-order valence-corrected chi connectivity index (χ1v) is 2.86. The second-order valence-corrected chi connectivity index (χ2v) is 1.91. The van der Waals surface area contributed by atoms with Crippen LogP contribution in [0.25, 0.3) is 0 Å². The summed E-state index contributed by atoms with van der Waals surface area (Å²) in [5.41, 5.74) is 0.442. The lowest BCUT2D eigenvalue weighted by atomic mass is 10.3. The molecule has 0 unspecified atom stereocenters. The molecule has 1 rings (SSSR count). The molecule has 3 heteroatoms. The first kappa shape index (κ1) is 9.88. The van der Waals surface area contributed by atoms with Crippen LogP contribution in [0, 0.1) is 11.6 Å². The van der Waals surface area contributed by atoms with E-state index in [4.69, 9.17) is 0 Å². The Labute approximate surface area is 65.0 Å². The maximum Gasteiger partial charge on any atom is 0.128 e. The molecule has 0 aromatic heterocycles. The minimum absolute atomic E-state index is 0. The van der Waals surface area contributed by atoms with Gasteiger partial charge < -0.3 is 5.32 Å². The van der Waals surface area contributed by atoms with Crippen molar-refractivity contribution in [1.82, 2.24) is 0 Å². The summed E-state index contributed by atoms with van der Waals surface area (Å²) < 4.78 is 24.7. The van der Waals surface area contributed by atoms with Crippen LogP contribution in [0.15, 0.2) is 18.2 Å². The lowest BCUT2D eigenvalue weighted by Gasteiger charge is -1.98. The number of anilines is 1. The summed E-state index contributed by atoms with van der Waals surface area (Å²) in [6.45, 7) is 0. The zero-order chi connectivity index (χ0) is 7.56. The third-order valence-electron chi connectivity index (χ3n) is 1.15. The predicted octanol–water partition coefficient (Wildman–Crippen LogP) is 2.64.